The fraction of sp³-hybridized carbons (Fsp3) is 0.300. The molecule has 0 unspecified atom stereocenters. The molecule has 2 aromatic rings. The molecule has 100 valence electrons. The predicted molar refractivity (Wildman–Crippen MR) is 69.5 cm³/mol. The summed E-state index contributed by atoms with van der Waals surface area (Å²) in [5.41, 5.74) is -0.231. The lowest BCUT2D eigenvalue weighted by atomic mass is 10.7. The number of rotatable bonds is 5. The van der Waals surface area contributed by atoms with Gasteiger partial charge in [0, 0.05) is 18.8 Å². The standard InChI is InChI=1S/C10H12N6O2S/c1-3-11-7-14-8(18-2)16-10(15-7)19-9-12-5-4-6(17)13-9/h4-5H,3H2,1-2H3,(H,12,13,17)(H,11,14,15,16). The van der Waals surface area contributed by atoms with Crippen molar-refractivity contribution in [1.82, 2.24) is 24.9 Å². The van der Waals surface area contributed by atoms with Crippen LogP contribution in [0.3, 0.4) is 0 Å². The third-order valence-electron chi connectivity index (χ3n) is 1.95. The third kappa shape index (κ3) is 3.65. The Morgan fingerprint density at radius 1 is 1.42 bits per heavy atom. The Morgan fingerprint density at radius 2 is 2.26 bits per heavy atom. The van der Waals surface area contributed by atoms with Gasteiger partial charge in [-0.25, -0.2) is 4.98 Å². The van der Waals surface area contributed by atoms with Crippen LogP contribution < -0.4 is 15.6 Å². The average molecular weight is 280 g/mol. The molecule has 0 saturated carbocycles. The number of aromatic nitrogens is 5. The first-order chi connectivity index (χ1) is 9.21. The van der Waals surface area contributed by atoms with E-state index in [0.717, 1.165) is 11.8 Å². The molecule has 0 saturated heterocycles. The molecule has 0 fully saturated rings. The average Bonchev–Trinajstić information content (AvgIpc) is 2.39. The lowest BCUT2D eigenvalue weighted by Crippen LogP contribution is -2.07. The summed E-state index contributed by atoms with van der Waals surface area (Å²) in [6, 6.07) is 1.54. The zero-order valence-electron chi connectivity index (χ0n) is 10.4. The number of ether oxygens (including phenoxy) is 1. The number of anilines is 1. The van der Waals surface area contributed by atoms with E-state index in [1.54, 1.807) is 0 Å². The van der Waals surface area contributed by atoms with Crippen LogP contribution >= 0.6 is 11.8 Å². The Hall–Kier alpha value is -2.16. The Morgan fingerprint density at radius 3 is 2.95 bits per heavy atom. The number of aromatic amines is 1. The van der Waals surface area contributed by atoms with E-state index in [1.807, 2.05) is 6.92 Å². The molecule has 2 N–H and O–H groups in total. The third-order valence-corrected chi connectivity index (χ3v) is 2.71. The van der Waals surface area contributed by atoms with Gasteiger partial charge in [-0.15, -0.1) is 0 Å². The van der Waals surface area contributed by atoms with E-state index in [-0.39, 0.29) is 11.6 Å². The molecule has 0 aliphatic heterocycles. The Labute approximate surface area is 113 Å². The van der Waals surface area contributed by atoms with Crippen LogP contribution in [0.5, 0.6) is 6.01 Å². The van der Waals surface area contributed by atoms with E-state index in [1.165, 1.54) is 19.4 Å². The summed E-state index contributed by atoms with van der Waals surface area (Å²) in [5.74, 6) is 0.412. The zero-order valence-corrected chi connectivity index (χ0v) is 11.2. The molecule has 0 aromatic carbocycles. The second kappa shape index (κ2) is 6.14. The number of H-pyrrole nitrogens is 1. The van der Waals surface area contributed by atoms with Crippen molar-refractivity contribution in [1.29, 1.82) is 0 Å². The highest BCUT2D eigenvalue weighted by Gasteiger charge is 2.09. The maximum absolute atomic E-state index is 11.2. The van der Waals surface area contributed by atoms with Crippen molar-refractivity contribution < 1.29 is 4.74 Å². The monoisotopic (exact) mass is 280 g/mol. The quantitative estimate of drug-likeness (QED) is 0.765. The van der Waals surface area contributed by atoms with E-state index in [9.17, 15) is 4.79 Å². The largest absolute Gasteiger partial charge is 0.467 e. The first-order valence-electron chi connectivity index (χ1n) is 5.48. The molecule has 2 heterocycles. The highest BCUT2D eigenvalue weighted by molar-refractivity contribution is 7.99. The van der Waals surface area contributed by atoms with Crippen LogP contribution in [0, 0.1) is 0 Å². The van der Waals surface area contributed by atoms with Gasteiger partial charge in [0.15, 0.2) is 5.16 Å². The Kier molecular flexibility index (Phi) is 4.29. The maximum atomic E-state index is 11.2. The van der Waals surface area contributed by atoms with Gasteiger partial charge in [0.1, 0.15) is 0 Å². The SMILES string of the molecule is CCNc1nc(OC)nc(Sc2nccc(=O)[nH]2)n1. The summed E-state index contributed by atoms with van der Waals surface area (Å²) < 4.78 is 5.00. The maximum Gasteiger partial charge on any atom is 0.321 e. The second-order valence-corrected chi connectivity index (χ2v) is 4.26. The van der Waals surface area contributed by atoms with Crippen LogP contribution in [0.15, 0.2) is 27.4 Å². The van der Waals surface area contributed by atoms with Crippen molar-refractivity contribution in [2.24, 2.45) is 0 Å². The molecule has 0 aliphatic carbocycles. The molecule has 0 radical (unpaired) electrons. The minimum absolute atomic E-state index is 0.201. The van der Waals surface area contributed by atoms with Crippen molar-refractivity contribution in [3.63, 3.8) is 0 Å². The molecule has 0 aliphatic rings. The van der Waals surface area contributed by atoms with Crippen LogP contribution in [0.4, 0.5) is 5.95 Å². The summed E-state index contributed by atoms with van der Waals surface area (Å²) in [4.78, 5) is 30.1. The van der Waals surface area contributed by atoms with Crippen molar-refractivity contribution in [3.8, 4) is 6.01 Å². The van der Waals surface area contributed by atoms with Gasteiger partial charge in [0.2, 0.25) is 11.1 Å². The number of nitrogens with one attached hydrogen (secondary N) is 2. The van der Waals surface area contributed by atoms with Crippen molar-refractivity contribution in [2.75, 3.05) is 19.0 Å². The minimum atomic E-state index is -0.231. The normalized spacial score (nSPS) is 10.2. The molecule has 0 atom stereocenters. The number of nitrogens with zero attached hydrogens (tertiary/aromatic N) is 4. The van der Waals surface area contributed by atoms with Crippen molar-refractivity contribution >= 4 is 17.7 Å². The van der Waals surface area contributed by atoms with Gasteiger partial charge >= 0.3 is 6.01 Å². The van der Waals surface area contributed by atoms with Crippen LogP contribution in [-0.2, 0) is 0 Å². The zero-order chi connectivity index (χ0) is 13.7. The van der Waals surface area contributed by atoms with Gasteiger partial charge in [0.25, 0.3) is 5.56 Å². The fourth-order valence-electron chi connectivity index (χ4n) is 1.20. The number of hydrogen-bond acceptors (Lipinski definition) is 8. The fourth-order valence-corrected chi connectivity index (χ4v) is 1.90. The molecular formula is C10H12N6O2S. The van der Waals surface area contributed by atoms with Crippen molar-refractivity contribution in [2.45, 2.75) is 17.2 Å². The molecule has 19 heavy (non-hydrogen) atoms. The molecule has 2 rings (SSSR count). The summed E-state index contributed by atoms with van der Waals surface area (Å²) in [5, 5.41) is 3.76. The summed E-state index contributed by atoms with van der Waals surface area (Å²) >= 11 is 1.12. The van der Waals surface area contributed by atoms with E-state index >= 15 is 0 Å². The van der Waals surface area contributed by atoms with E-state index in [4.69, 9.17) is 4.74 Å². The van der Waals surface area contributed by atoms with Crippen LogP contribution in [0.1, 0.15) is 6.92 Å². The van der Waals surface area contributed by atoms with Gasteiger partial charge in [-0.1, -0.05) is 0 Å². The van der Waals surface area contributed by atoms with E-state index in [0.29, 0.717) is 22.8 Å². The van der Waals surface area contributed by atoms with Crippen LogP contribution in [0.25, 0.3) is 0 Å². The van der Waals surface area contributed by atoms with Gasteiger partial charge in [-0.2, -0.15) is 15.0 Å². The Balaban J connectivity index is 2.28. The first kappa shape index (κ1) is 13.3. The number of hydrogen-bond donors (Lipinski definition) is 2. The van der Waals surface area contributed by atoms with Gasteiger partial charge in [0.05, 0.1) is 7.11 Å². The predicted octanol–water partition coefficient (Wildman–Crippen LogP) is 0.546. The summed E-state index contributed by atoms with van der Waals surface area (Å²) in [6.45, 7) is 2.61. The molecule has 0 amide bonds. The highest BCUT2D eigenvalue weighted by atomic mass is 32.2. The lowest BCUT2D eigenvalue weighted by Gasteiger charge is -2.05. The topological polar surface area (TPSA) is 106 Å². The minimum Gasteiger partial charge on any atom is -0.467 e. The van der Waals surface area contributed by atoms with E-state index < -0.39 is 0 Å². The molecule has 2 aromatic heterocycles. The molecular weight excluding hydrogens is 268 g/mol. The number of methoxy groups -OCH3 is 1. The highest BCUT2D eigenvalue weighted by Crippen LogP contribution is 2.22. The van der Waals surface area contributed by atoms with Crippen molar-refractivity contribution in [3.05, 3.63) is 22.6 Å². The van der Waals surface area contributed by atoms with Gasteiger partial charge < -0.3 is 15.0 Å². The lowest BCUT2D eigenvalue weighted by molar-refractivity contribution is 0.373. The van der Waals surface area contributed by atoms with E-state index in [2.05, 4.69) is 30.2 Å². The van der Waals surface area contributed by atoms with Gasteiger partial charge in [-0.05, 0) is 18.7 Å². The Bertz CT molecular complexity index is 617. The first-order valence-corrected chi connectivity index (χ1v) is 6.30. The van der Waals surface area contributed by atoms with Crippen LogP contribution in [0.2, 0.25) is 0 Å². The molecule has 0 bridgehead atoms. The van der Waals surface area contributed by atoms with Gasteiger partial charge in [-0.3, -0.25) is 4.79 Å². The second-order valence-electron chi connectivity index (χ2n) is 3.30. The summed E-state index contributed by atoms with van der Waals surface area (Å²) in [6.07, 6.45) is 1.42. The molecule has 8 nitrogen and oxygen atoms in total. The molecule has 0 spiro atoms. The molecule has 9 heteroatoms. The smallest absolute Gasteiger partial charge is 0.321 e. The summed E-state index contributed by atoms with van der Waals surface area (Å²) in [7, 11) is 1.47. The van der Waals surface area contributed by atoms with Crippen LogP contribution in [-0.4, -0.2) is 38.6 Å².